The number of nitrogens with one attached hydrogen (secondary N) is 1. The van der Waals surface area contributed by atoms with Gasteiger partial charge in [0, 0.05) is 25.2 Å². The Morgan fingerprint density at radius 1 is 1.07 bits per heavy atom. The average molecular weight is 607 g/mol. The topological polar surface area (TPSA) is 135 Å². The number of carboxylic acid groups (broad SMARTS) is 2. The Morgan fingerprint density at radius 2 is 1.71 bits per heavy atom. The molecule has 1 fully saturated rings. The van der Waals surface area contributed by atoms with Gasteiger partial charge in [0.2, 0.25) is 5.95 Å². The van der Waals surface area contributed by atoms with Gasteiger partial charge in [-0.3, -0.25) is 4.79 Å². The van der Waals surface area contributed by atoms with Crippen LogP contribution < -0.4 is 5.32 Å². The van der Waals surface area contributed by atoms with Crippen molar-refractivity contribution in [1.82, 2.24) is 15.0 Å². The molecule has 3 aromatic rings. The number of anilines is 2. The van der Waals surface area contributed by atoms with Crippen LogP contribution in [0.2, 0.25) is 0 Å². The van der Waals surface area contributed by atoms with Crippen molar-refractivity contribution in [2.24, 2.45) is 5.92 Å². The molecule has 1 aliphatic rings. The van der Waals surface area contributed by atoms with Gasteiger partial charge in [0.05, 0.1) is 10.8 Å². The lowest BCUT2D eigenvalue weighted by Crippen LogP contribution is -2.35. The number of benzene rings is 1. The fourth-order valence-electron chi connectivity index (χ4n) is 4.16. The van der Waals surface area contributed by atoms with Gasteiger partial charge in [0.15, 0.2) is 0 Å². The van der Waals surface area contributed by atoms with Gasteiger partial charge in [-0.15, -0.1) is 11.3 Å². The van der Waals surface area contributed by atoms with E-state index in [1.165, 1.54) is 11.3 Å². The van der Waals surface area contributed by atoms with Crippen LogP contribution in [0.15, 0.2) is 36.7 Å². The first kappa shape index (κ1) is 31.7. The van der Waals surface area contributed by atoms with Gasteiger partial charge in [-0.1, -0.05) is 6.07 Å². The number of carboxylic acids is 2. The summed E-state index contributed by atoms with van der Waals surface area (Å²) in [7, 11) is 1.62. The molecule has 0 bridgehead atoms. The number of aryl methyl sites for hydroxylation is 1. The maximum absolute atomic E-state index is 13.0. The summed E-state index contributed by atoms with van der Waals surface area (Å²) in [6, 6.07) is 6.37. The second-order valence-electron chi connectivity index (χ2n) is 9.12. The minimum absolute atomic E-state index is 0.148. The van der Waals surface area contributed by atoms with Gasteiger partial charge in [-0.2, -0.15) is 26.3 Å². The van der Waals surface area contributed by atoms with E-state index in [9.17, 15) is 36.2 Å². The first-order valence-corrected chi connectivity index (χ1v) is 12.7. The predicted octanol–water partition coefficient (Wildman–Crippen LogP) is 6.42. The van der Waals surface area contributed by atoms with Crippen LogP contribution in [0.5, 0.6) is 0 Å². The van der Waals surface area contributed by atoms with Crippen molar-refractivity contribution in [3.63, 3.8) is 0 Å². The number of hydrogen-bond donors (Lipinski definition) is 3. The molecule has 0 radical (unpaired) electrons. The monoisotopic (exact) mass is 606 g/mol. The third-order valence-electron chi connectivity index (χ3n) is 6.24. The van der Waals surface area contributed by atoms with Crippen molar-refractivity contribution in [3.8, 4) is 10.4 Å². The number of thiazole rings is 1. The van der Waals surface area contributed by atoms with Crippen molar-refractivity contribution in [2.75, 3.05) is 12.4 Å². The minimum atomic E-state index is -5.08. The van der Waals surface area contributed by atoms with Crippen LogP contribution in [0, 0.1) is 12.8 Å². The Balaban J connectivity index is 0.000000587. The molecule has 222 valence electrons. The highest BCUT2D eigenvalue weighted by Crippen LogP contribution is 2.45. The van der Waals surface area contributed by atoms with Crippen molar-refractivity contribution in [1.29, 1.82) is 0 Å². The maximum Gasteiger partial charge on any atom is 0.490 e. The third kappa shape index (κ3) is 8.13. The Kier molecular flexibility index (Phi) is 9.58. The maximum atomic E-state index is 13.0. The number of alkyl halides is 6. The number of aromatic nitrogens is 3. The van der Waals surface area contributed by atoms with Crippen molar-refractivity contribution in [2.45, 2.75) is 50.6 Å². The zero-order valence-electron chi connectivity index (χ0n) is 21.5. The molecule has 0 saturated heterocycles. The Hall–Kier alpha value is -3.79. The minimum Gasteiger partial charge on any atom is -0.481 e. The second-order valence-corrected chi connectivity index (χ2v) is 10.2. The summed E-state index contributed by atoms with van der Waals surface area (Å²) in [5.74, 6) is -4.06. The van der Waals surface area contributed by atoms with Gasteiger partial charge in [-0.25, -0.2) is 19.7 Å². The lowest BCUT2D eigenvalue weighted by molar-refractivity contribution is -0.192. The Bertz CT molecular complexity index is 1390. The number of halogens is 6. The predicted molar refractivity (Wildman–Crippen MR) is 135 cm³/mol. The highest BCUT2D eigenvalue weighted by atomic mass is 32.1. The molecular formula is C25H24F6N4O5S. The van der Waals surface area contributed by atoms with Gasteiger partial charge in [-0.05, 0) is 61.9 Å². The molecule has 0 amide bonds. The number of nitrogens with zero attached hydrogens (tertiary/aromatic N) is 3. The van der Waals surface area contributed by atoms with E-state index in [1.54, 1.807) is 25.4 Å². The lowest BCUT2D eigenvalue weighted by Gasteiger charge is -2.36. The van der Waals surface area contributed by atoms with Crippen LogP contribution in [-0.4, -0.2) is 50.4 Å². The molecule has 0 atom stereocenters. The summed E-state index contributed by atoms with van der Waals surface area (Å²) in [5.41, 5.74) is 0.639. The van der Waals surface area contributed by atoms with Crippen LogP contribution >= 0.6 is 11.3 Å². The summed E-state index contributed by atoms with van der Waals surface area (Å²) in [4.78, 5) is 33.1. The van der Waals surface area contributed by atoms with Crippen LogP contribution in [-0.2, 0) is 26.1 Å². The number of hydrogen-bond acceptors (Lipinski definition) is 8. The van der Waals surface area contributed by atoms with Crippen LogP contribution in [0.3, 0.4) is 0 Å². The summed E-state index contributed by atoms with van der Waals surface area (Å²) in [6.07, 6.45) is -4.66. The fourth-order valence-corrected chi connectivity index (χ4v) is 5.29. The molecule has 2 aromatic heterocycles. The largest absolute Gasteiger partial charge is 0.490 e. The first-order chi connectivity index (χ1) is 19.0. The summed E-state index contributed by atoms with van der Waals surface area (Å²) in [5, 5.41) is 20.1. The molecule has 41 heavy (non-hydrogen) atoms. The van der Waals surface area contributed by atoms with Crippen LogP contribution in [0.25, 0.3) is 10.4 Å². The van der Waals surface area contributed by atoms with E-state index in [0.717, 1.165) is 33.3 Å². The highest BCUT2D eigenvalue weighted by molar-refractivity contribution is 7.15. The van der Waals surface area contributed by atoms with Gasteiger partial charge in [0.1, 0.15) is 16.3 Å². The average Bonchev–Trinajstić information content (AvgIpc) is 3.39. The Labute approximate surface area is 233 Å². The molecule has 1 saturated carbocycles. The quantitative estimate of drug-likeness (QED) is 0.272. The molecule has 0 spiro atoms. The molecule has 4 rings (SSSR count). The van der Waals surface area contributed by atoms with E-state index in [0.29, 0.717) is 31.4 Å². The number of carbonyl (C=O) groups is 2. The number of aliphatic carboxylic acids is 2. The highest BCUT2D eigenvalue weighted by Gasteiger charge is 2.41. The van der Waals surface area contributed by atoms with Crippen LogP contribution in [0.1, 0.15) is 41.9 Å². The Morgan fingerprint density at radius 3 is 2.24 bits per heavy atom. The van der Waals surface area contributed by atoms with Gasteiger partial charge in [0.25, 0.3) is 0 Å². The van der Waals surface area contributed by atoms with Crippen molar-refractivity contribution >= 4 is 34.9 Å². The van der Waals surface area contributed by atoms with Crippen LogP contribution in [0.4, 0.5) is 38.0 Å². The van der Waals surface area contributed by atoms with E-state index in [4.69, 9.17) is 14.6 Å². The van der Waals surface area contributed by atoms with Crippen molar-refractivity contribution in [3.05, 3.63) is 52.9 Å². The molecule has 3 N–H and O–H groups in total. The normalized spacial score (nSPS) is 19.2. The zero-order valence-corrected chi connectivity index (χ0v) is 22.3. The van der Waals surface area contributed by atoms with E-state index < -0.39 is 35.6 Å². The summed E-state index contributed by atoms with van der Waals surface area (Å²) in [6.45, 7) is 1.88. The number of rotatable bonds is 6. The van der Waals surface area contributed by atoms with E-state index in [-0.39, 0.29) is 11.9 Å². The molecule has 0 unspecified atom stereocenters. The molecule has 1 aromatic carbocycles. The zero-order chi connectivity index (χ0) is 30.6. The molecule has 0 aliphatic heterocycles. The number of methoxy groups -OCH3 is 1. The van der Waals surface area contributed by atoms with Gasteiger partial charge < -0.3 is 20.3 Å². The van der Waals surface area contributed by atoms with Gasteiger partial charge >= 0.3 is 24.3 Å². The fraction of sp³-hybridized carbons (Fsp3) is 0.400. The van der Waals surface area contributed by atoms with E-state index in [1.807, 2.05) is 13.0 Å². The molecular weight excluding hydrogens is 582 g/mol. The van der Waals surface area contributed by atoms with Crippen molar-refractivity contribution < 1.29 is 50.9 Å². The molecule has 9 nitrogen and oxygen atoms in total. The molecule has 16 heteroatoms. The SMILES string of the molecule is COC1(c2ncc(-c3cc(C)cc(Nc4nccc(C(F)(F)F)n4)c3)s2)CCC(C(=O)O)CC1.O=C(O)C(F)(F)F. The van der Waals surface area contributed by atoms with E-state index in [2.05, 4.69) is 20.3 Å². The first-order valence-electron chi connectivity index (χ1n) is 11.9. The molecule has 2 heterocycles. The lowest BCUT2D eigenvalue weighted by atomic mass is 9.79. The third-order valence-corrected chi connectivity index (χ3v) is 7.47. The summed E-state index contributed by atoms with van der Waals surface area (Å²) < 4.78 is 76.5. The second kappa shape index (κ2) is 12.4. The smallest absolute Gasteiger partial charge is 0.481 e. The number of ether oxygens (including phenoxy) is 1. The standard InChI is InChI=1S/C23H23F3N4O3S.C2HF3O2/c1-13-9-15(11-16(10-13)29-21-27-8-5-18(30-21)23(24,25)26)17-12-28-20(34-17)22(33-2)6-3-14(4-7-22)19(31)32;3-2(4,5)1(6)7/h5,8-12,14H,3-4,6-7H2,1-2H3,(H,31,32)(H,27,29,30);(H,6,7). The molecule has 1 aliphatic carbocycles. The van der Waals surface area contributed by atoms with E-state index >= 15 is 0 Å². The summed E-state index contributed by atoms with van der Waals surface area (Å²) >= 11 is 1.46.